The van der Waals surface area contributed by atoms with Gasteiger partial charge in [-0.05, 0) is 38.1 Å². The Morgan fingerprint density at radius 3 is 2.68 bits per heavy atom. The van der Waals surface area contributed by atoms with Gasteiger partial charge in [0.1, 0.15) is 5.75 Å². The van der Waals surface area contributed by atoms with Gasteiger partial charge in [0.25, 0.3) is 5.91 Å². The summed E-state index contributed by atoms with van der Waals surface area (Å²) in [6.45, 7) is 3.99. The Labute approximate surface area is 146 Å². The summed E-state index contributed by atoms with van der Waals surface area (Å²) in [5.74, 6) is -0.941. The van der Waals surface area contributed by atoms with Gasteiger partial charge in [0.15, 0.2) is 5.69 Å². The lowest BCUT2D eigenvalue weighted by Crippen LogP contribution is -2.24. The van der Waals surface area contributed by atoms with Crippen LogP contribution in [-0.4, -0.2) is 35.6 Å². The van der Waals surface area contributed by atoms with Crippen LogP contribution in [0.25, 0.3) is 11.1 Å². The number of aryl methyl sites for hydroxylation is 1. The van der Waals surface area contributed by atoms with E-state index in [1.807, 2.05) is 19.1 Å². The highest BCUT2D eigenvalue weighted by Gasteiger charge is 2.20. The number of aromatic nitrogens is 1. The van der Waals surface area contributed by atoms with Crippen molar-refractivity contribution in [2.75, 3.05) is 13.7 Å². The van der Waals surface area contributed by atoms with Gasteiger partial charge in [-0.15, -0.1) is 0 Å². The van der Waals surface area contributed by atoms with Gasteiger partial charge in [0.05, 0.1) is 7.11 Å². The molecule has 0 aliphatic carbocycles. The number of methoxy groups -OCH3 is 1. The third kappa shape index (κ3) is 4.23. The summed E-state index contributed by atoms with van der Waals surface area (Å²) in [5, 5.41) is 12.6. The summed E-state index contributed by atoms with van der Waals surface area (Å²) < 4.78 is 4.79. The minimum absolute atomic E-state index is 0.0172. The van der Waals surface area contributed by atoms with Gasteiger partial charge in [0, 0.05) is 28.9 Å². The van der Waals surface area contributed by atoms with Crippen LogP contribution in [0.3, 0.4) is 0 Å². The zero-order valence-corrected chi connectivity index (χ0v) is 14.4. The first-order chi connectivity index (χ1) is 12.0. The average Bonchev–Trinajstić information content (AvgIpc) is 2.61. The van der Waals surface area contributed by atoms with Crippen LogP contribution in [0.4, 0.5) is 0 Å². The van der Waals surface area contributed by atoms with Gasteiger partial charge in [-0.3, -0.25) is 4.79 Å². The molecule has 6 nitrogen and oxygen atoms in total. The minimum atomic E-state index is -0.609. The van der Waals surface area contributed by atoms with Gasteiger partial charge in [0.2, 0.25) is 0 Å². The van der Waals surface area contributed by atoms with E-state index in [4.69, 9.17) is 4.74 Å². The predicted octanol–water partition coefficient (Wildman–Crippen LogP) is 2.86. The molecular weight excluding hydrogens is 320 g/mol. The number of aromatic hydroxyl groups is 1. The number of benzene rings is 1. The number of rotatable bonds is 5. The Hall–Kier alpha value is -3.15. The maximum atomic E-state index is 12.5. The van der Waals surface area contributed by atoms with Crippen LogP contribution >= 0.6 is 0 Å². The first kappa shape index (κ1) is 18.2. The second kappa shape index (κ2) is 8.10. The van der Waals surface area contributed by atoms with E-state index in [-0.39, 0.29) is 17.4 Å². The Morgan fingerprint density at radius 1 is 1.24 bits per heavy atom. The van der Waals surface area contributed by atoms with E-state index in [2.05, 4.69) is 10.3 Å². The number of allylic oxidation sites excluding steroid dienone is 1. The number of nitrogens with one attached hydrogen (secondary N) is 1. The third-order valence-electron chi connectivity index (χ3n) is 3.57. The number of nitrogens with zero attached hydrogens (tertiary/aromatic N) is 1. The largest absolute Gasteiger partial charge is 0.508 e. The number of phenols is 1. The van der Waals surface area contributed by atoms with Gasteiger partial charge in [-0.1, -0.05) is 18.2 Å². The van der Waals surface area contributed by atoms with E-state index in [0.29, 0.717) is 28.9 Å². The normalized spacial score (nSPS) is 10.7. The molecule has 0 fully saturated rings. The van der Waals surface area contributed by atoms with E-state index in [1.165, 1.54) is 25.3 Å². The molecule has 0 saturated heterocycles. The number of phenolic OH excluding ortho intramolecular Hbond substituents is 1. The molecule has 0 aliphatic heterocycles. The molecule has 1 amide bonds. The lowest BCUT2D eigenvalue weighted by molar-refractivity contribution is 0.0594. The van der Waals surface area contributed by atoms with Crippen molar-refractivity contribution in [2.24, 2.45) is 0 Å². The number of amides is 1. The molecule has 0 aliphatic rings. The highest BCUT2D eigenvalue weighted by Crippen LogP contribution is 2.30. The van der Waals surface area contributed by atoms with Gasteiger partial charge >= 0.3 is 5.97 Å². The summed E-state index contributed by atoms with van der Waals surface area (Å²) in [4.78, 5) is 28.8. The quantitative estimate of drug-likeness (QED) is 0.645. The van der Waals surface area contributed by atoms with Gasteiger partial charge in [-0.2, -0.15) is 0 Å². The average molecular weight is 340 g/mol. The number of hydrogen-bond acceptors (Lipinski definition) is 5. The number of hydrogen-bond donors (Lipinski definition) is 2. The zero-order valence-electron chi connectivity index (χ0n) is 14.4. The summed E-state index contributed by atoms with van der Waals surface area (Å²) in [6.07, 6.45) is 3.64. The molecule has 0 bridgehead atoms. The molecule has 25 heavy (non-hydrogen) atoms. The Morgan fingerprint density at radius 2 is 2.00 bits per heavy atom. The maximum absolute atomic E-state index is 12.5. The van der Waals surface area contributed by atoms with E-state index in [9.17, 15) is 14.7 Å². The molecule has 1 aromatic heterocycles. The highest BCUT2D eigenvalue weighted by atomic mass is 16.5. The summed E-state index contributed by atoms with van der Waals surface area (Å²) in [5.41, 5.74) is 1.90. The first-order valence-electron chi connectivity index (χ1n) is 7.76. The van der Waals surface area contributed by atoms with Gasteiger partial charge in [-0.25, -0.2) is 9.78 Å². The van der Waals surface area contributed by atoms with Crippen LogP contribution in [0.1, 0.15) is 33.5 Å². The number of pyridine rings is 1. The first-order valence-corrected chi connectivity index (χ1v) is 7.76. The summed E-state index contributed by atoms with van der Waals surface area (Å²) in [7, 11) is 1.27. The number of carbonyl (C=O) groups is 2. The standard InChI is InChI=1S/C19H20N2O4/c1-4-5-10-20-18(23)15-9-7-13(22)11-16(15)14-8-6-12(2)21-17(14)19(24)25-3/h4-9,11,22H,10H2,1-3H3,(H,20,23)/b5-4-. The third-order valence-corrected chi connectivity index (χ3v) is 3.57. The fraction of sp³-hybridized carbons (Fsp3) is 0.211. The lowest BCUT2D eigenvalue weighted by Gasteiger charge is -2.13. The lowest BCUT2D eigenvalue weighted by atomic mass is 9.97. The van der Waals surface area contributed by atoms with Gasteiger partial charge < -0.3 is 15.2 Å². The Kier molecular flexibility index (Phi) is 5.89. The fourth-order valence-corrected chi connectivity index (χ4v) is 2.34. The fourth-order valence-electron chi connectivity index (χ4n) is 2.34. The molecule has 1 heterocycles. The van der Waals surface area contributed by atoms with Crippen molar-refractivity contribution >= 4 is 11.9 Å². The van der Waals surface area contributed by atoms with Crippen molar-refractivity contribution in [1.82, 2.24) is 10.3 Å². The monoisotopic (exact) mass is 340 g/mol. The predicted molar refractivity (Wildman–Crippen MR) is 94.6 cm³/mol. The molecular formula is C19H20N2O4. The molecule has 0 unspecified atom stereocenters. The minimum Gasteiger partial charge on any atom is -0.508 e. The molecule has 130 valence electrons. The number of ether oxygens (including phenoxy) is 1. The van der Waals surface area contributed by atoms with Crippen LogP contribution in [0.5, 0.6) is 5.75 Å². The van der Waals surface area contributed by atoms with Crippen LogP contribution in [0, 0.1) is 6.92 Å². The summed E-state index contributed by atoms with van der Waals surface area (Å²) in [6, 6.07) is 7.78. The molecule has 1 aromatic carbocycles. The second-order valence-corrected chi connectivity index (χ2v) is 5.35. The zero-order chi connectivity index (χ0) is 18.4. The molecule has 2 aromatic rings. The molecule has 0 atom stereocenters. The van der Waals surface area contributed by atoms with Crippen LogP contribution < -0.4 is 5.32 Å². The van der Waals surface area contributed by atoms with E-state index < -0.39 is 5.97 Å². The van der Waals surface area contributed by atoms with E-state index in [1.54, 1.807) is 19.1 Å². The van der Waals surface area contributed by atoms with Crippen molar-refractivity contribution in [3.05, 3.63) is 59.4 Å². The Balaban J connectivity index is 2.57. The molecule has 0 saturated carbocycles. The molecule has 2 N–H and O–H groups in total. The summed E-state index contributed by atoms with van der Waals surface area (Å²) >= 11 is 0. The van der Waals surface area contributed by atoms with Crippen molar-refractivity contribution in [3.8, 4) is 16.9 Å². The SMILES string of the molecule is C/C=C\CNC(=O)c1ccc(O)cc1-c1ccc(C)nc1C(=O)OC. The van der Waals surface area contributed by atoms with E-state index >= 15 is 0 Å². The molecule has 0 spiro atoms. The smallest absolute Gasteiger partial charge is 0.357 e. The van der Waals surface area contributed by atoms with Crippen LogP contribution in [0.15, 0.2) is 42.5 Å². The second-order valence-electron chi connectivity index (χ2n) is 5.35. The highest BCUT2D eigenvalue weighted by molar-refractivity contribution is 6.04. The number of carbonyl (C=O) groups excluding carboxylic acids is 2. The van der Waals surface area contributed by atoms with Crippen LogP contribution in [0.2, 0.25) is 0 Å². The van der Waals surface area contributed by atoms with E-state index in [0.717, 1.165) is 0 Å². The number of esters is 1. The van der Waals surface area contributed by atoms with Crippen LogP contribution in [-0.2, 0) is 4.74 Å². The Bertz CT molecular complexity index is 828. The van der Waals surface area contributed by atoms with Crippen molar-refractivity contribution in [2.45, 2.75) is 13.8 Å². The van der Waals surface area contributed by atoms with Crippen molar-refractivity contribution < 1.29 is 19.4 Å². The maximum Gasteiger partial charge on any atom is 0.357 e. The molecule has 2 rings (SSSR count). The topological polar surface area (TPSA) is 88.5 Å². The van der Waals surface area contributed by atoms with Crippen molar-refractivity contribution in [3.63, 3.8) is 0 Å². The van der Waals surface area contributed by atoms with Crippen molar-refractivity contribution in [1.29, 1.82) is 0 Å². The molecule has 0 radical (unpaired) electrons. The molecule has 6 heteroatoms.